The van der Waals surface area contributed by atoms with Gasteiger partial charge in [-0.1, -0.05) is 0 Å². The zero-order valence-corrected chi connectivity index (χ0v) is 38.7. The summed E-state index contributed by atoms with van der Waals surface area (Å²) in [4.78, 5) is 77.1. The minimum absolute atomic E-state index is 0.0369. The predicted octanol–water partition coefficient (Wildman–Crippen LogP) is 8.40. The zero-order chi connectivity index (χ0) is 41.1. The van der Waals surface area contributed by atoms with E-state index in [4.69, 9.17) is 21.8 Å². The molecule has 0 bridgehead atoms. The van der Waals surface area contributed by atoms with Crippen LogP contribution in [0.15, 0.2) is 97.1 Å². The Bertz CT molecular complexity index is 1490. The molecule has 0 aromatic heterocycles. The number of esters is 2. The fraction of sp³-hybridized carbons (Fsp3) is 0.429. The fourth-order valence-electron chi connectivity index (χ4n) is 5.32. The number of hydrogen-bond acceptors (Lipinski definition) is 12. The molecule has 0 saturated heterocycles. The number of hydrogen-bond donors (Lipinski definition) is 0. The van der Waals surface area contributed by atoms with Gasteiger partial charge in [-0.25, -0.2) is 0 Å². The monoisotopic (exact) mass is 992 g/mol. The second-order valence-electron chi connectivity index (χ2n) is 13.1. The topological polar surface area (TPSA) is 158 Å². The van der Waals surface area contributed by atoms with Crippen molar-refractivity contribution in [1.82, 2.24) is 0 Å². The zero-order valence-electron chi connectivity index (χ0n) is 33.0. The summed E-state index contributed by atoms with van der Waals surface area (Å²) in [5.41, 5.74) is 1.58. The maximum atomic E-state index is 13.3. The molecule has 0 N–H and O–H groups in total. The van der Waals surface area contributed by atoms with Crippen molar-refractivity contribution in [2.75, 3.05) is 0 Å². The van der Waals surface area contributed by atoms with E-state index in [1.165, 1.54) is 0 Å². The second kappa shape index (κ2) is 27.6. The molecule has 0 aliphatic rings. The van der Waals surface area contributed by atoms with Gasteiger partial charge < -0.3 is 0 Å². The molecule has 0 saturated carbocycles. The van der Waals surface area contributed by atoms with Gasteiger partial charge in [0.2, 0.25) is 0 Å². The number of carbonyl (C=O) groups excluding carboxylic acids is 6. The van der Waals surface area contributed by atoms with Gasteiger partial charge in [0.25, 0.3) is 0 Å². The molecule has 0 amide bonds. The molecule has 12 nitrogen and oxygen atoms in total. The fourth-order valence-corrected chi connectivity index (χ4v) is 24.5. The van der Waals surface area contributed by atoms with E-state index in [0.717, 1.165) is 73.3 Å². The van der Waals surface area contributed by atoms with Gasteiger partial charge in [-0.05, 0) is 0 Å². The first-order valence-electron chi connectivity index (χ1n) is 19.3. The normalized spacial score (nSPS) is 11.7. The SMILES string of the molecule is CCC[CH2][Sn]([CH2]CCC)([O]C(=O)/C=C\C(=O)[O][Sn]([CH2]CCC)([CH2]CCC)[O]C(=O)/C=C/C(=O)OCc1ccccc1)[O]C(=O)/C=C/C(=O)OCc1ccccc1. The third-order valence-corrected chi connectivity index (χ3v) is 27.6. The summed E-state index contributed by atoms with van der Waals surface area (Å²) in [6, 6.07) is 18.2. The van der Waals surface area contributed by atoms with Crippen LogP contribution in [0.4, 0.5) is 0 Å². The Morgan fingerprint density at radius 3 is 0.911 bits per heavy atom. The number of benzene rings is 2. The molecule has 0 unspecified atom stereocenters. The first-order chi connectivity index (χ1) is 27.0. The molecule has 2 aromatic rings. The van der Waals surface area contributed by atoms with E-state index in [9.17, 15) is 28.8 Å². The molecule has 0 atom stereocenters. The molecule has 0 fully saturated rings. The van der Waals surface area contributed by atoms with Gasteiger partial charge in [0.05, 0.1) is 0 Å². The molecule has 14 heteroatoms. The van der Waals surface area contributed by atoms with Crippen LogP contribution >= 0.6 is 0 Å². The number of rotatable bonds is 26. The Morgan fingerprint density at radius 1 is 0.411 bits per heavy atom. The Balaban J connectivity index is 2.16. The summed E-state index contributed by atoms with van der Waals surface area (Å²) in [5.74, 6) is -4.80. The van der Waals surface area contributed by atoms with Gasteiger partial charge in [0.1, 0.15) is 0 Å². The summed E-state index contributed by atoms with van der Waals surface area (Å²) in [5, 5.41) is 0. The van der Waals surface area contributed by atoms with E-state index in [-0.39, 0.29) is 13.2 Å². The van der Waals surface area contributed by atoms with Crippen LogP contribution in [0.5, 0.6) is 0 Å². The third kappa shape index (κ3) is 20.3. The maximum absolute atomic E-state index is 13.3. The molecule has 304 valence electrons. The van der Waals surface area contributed by atoms with Crippen molar-refractivity contribution in [3.8, 4) is 0 Å². The van der Waals surface area contributed by atoms with Crippen LogP contribution in [0.25, 0.3) is 0 Å². The van der Waals surface area contributed by atoms with Gasteiger partial charge in [0.15, 0.2) is 0 Å². The van der Waals surface area contributed by atoms with Crippen LogP contribution in [-0.2, 0) is 63.8 Å². The predicted molar refractivity (Wildman–Crippen MR) is 215 cm³/mol. The molecular formula is C42H56O12Sn2. The molecule has 0 radical (unpaired) electrons. The second-order valence-corrected chi connectivity index (χ2v) is 31.5. The van der Waals surface area contributed by atoms with Crippen molar-refractivity contribution in [2.24, 2.45) is 0 Å². The van der Waals surface area contributed by atoms with Crippen LogP contribution in [0.2, 0.25) is 17.7 Å². The van der Waals surface area contributed by atoms with Crippen molar-refractivity contribution < 1.29 is 50.5 Å². The summed E-state index contributed by atoms with van der Waals surface area (Å²) >= 11 is -8.98. The summed E-state index contributed by atoms with van der Waals surface area (Å²) in [6.07, 6.45) is 11.4. The third-order valence-electron chi connectivity index (χ3n) is 8.31. The van der Waals surface area contributed by atoms with Gasteiger partial charge >= 0.3 is 343 Å². The summed E-state index contributed by atoms with van der Waals surface area (Å²) < 4.78 is 35.7. The van der Waals surface area contributed by atoms with E-state index in [1.807, 2.05) is 64.1 Å². The van der Waals surface area contributed by atoms with Gasteiger partial charge in [-0.3, -0.25) is 0 Å². The number of carbonyl (C=O) groups is 6. The molecule has 0 spiro atoms. The van der Waals surface area contributed by atoms with Gasteiger partial charge in [-0.2, -0.15) is 0 Å². The van der Waals surface area contributed by atoms with E-state index in [2.05, 4.69) is 0 Å². The van der Waals surface area contributed by atoms with Crippen molar-refractivity contribution in [3.05, 3.63) is 108 Å². The molecule has 2 aromatic carbocycles. The number of ether oxygens (including phenoxy) is 2. The Hall–Kier alpha value is -3.92. The van der Waals surface area contributed by atoms with Gasteiger partial charge in [0, 0.05) is 0 Å². The molecule has 0 heterocycles. The first kappa shape index (κ1) is 48.2. The van der Waals surface area contributed by atoms with Crippen LogP contribution < -0.4 is 0 Å². The average Bonchev–Trinajstić information content (AvgIpc) is 3.20. The van der Waals surface area contributed by atoms with Crippen LogP contribution in [0.1, 0.15) is 90.2 Å². The van der Waals surface area contributed by atoms with Crippen LogP contribution in [0, 0.1) is 0 Å². The summed E-state index contributed by atoms with van der Waals surface area (Å²) in [7, 11) is 0. The van der Waals surface area contributed by atoms with Crippen molar-refractivity contribution in [3.63, 3.8) is 0 Å². The van der Waals surface area contributed by atoms with Gasteiger partial charge in [-0.15, -0.1) is 0 Å². The van der Waals surface area contributed by atoms with E-state index >= 15 is 0 Å². The summed E-state index contributed by atoms with van der Waals surface area (Å²) in [6.45, 7) is 7.94. The molecule has 0 aliphatic carbocycles. The Labute approximate surface area is 340 Å². The Morgan fingerprint density at radius 2 is 0.661 bits per heavy atom. The minimum atomic E-state index is -4.49. The number of unbranched alkanes of at least 4 members (excludes halogenated alkanes) is 4. The van der Waals surface area contributed by atoms with Crippen LogP contribution in [0.3, 0.4) is 0 Å². The van der Waals surface area contributed by atoms with Crippen molar-refractivity contribution in [2.45, 2.75) is 110 Å². The van der Waals surface area contributed by atoms with Crippen molar-refractivity contribution in [1.29, 1.82) is 0 Å². The Kier molecular flexibility index (Phi) is 23.8. The quantitative estimate of drug-likeness (QED) is 0.0505. The van der Waals surface area contributed by atoms with Crippen molar-refractivity contribution >= 4 is 74.2 Å². The standard InChI is InChI=1S/2C11H10O4.C4H4O4.4C4H9.2Sn/c2*12-10(13)6-7-11(14)15-8-9-4-2-1-3-5-9;5-3(6)1-2-4(7)8;4*1-3-4-2;;/h2*1-7H,8H2,(H,12,13);1-2H,(H,5,6)(H,7,8);4*1,3-4H2,2H3;;/q;;;;;;;2*+2/p-4/b2*7-6+;2-1-;;;;;;. The first-order valence-corrected chi connectivity index (χ1v) is 32.1. The van der Waals surface area contributed by atoms with E-state index in [1.54, 1.807) is 24.3 Å². The van der Waals surface area contributed by atoms with E-state index in [0.29, 0.717) is 43.4 Å². The van der Waals surface area contributed by atoms with E-state index < -0.39 is 74.2 Å². The average molecular weight is 990 g/mol. The van der Waals surface area contributed by atoms with Crippen LogP contribution in [-0.4, -0.2) is 74.2 Å². The molecule has 56 heavy (non-hydrogen) atoms. The molecule has 2 rings (SSSR count). The molecular weight excluding hydrogens is 934 g/mol. The molecule has 0 aliphatic heterocycles.